The molecule has 1 N–H and O–H groups in total. The van der Waals surface area contributed by atoms with Gasteiger partial charge in [0.15, 0.2) is 5.82 Å². The van der Waals surface area contributed by atoms with Crippen LogP contribution < -0.4 is 4.87 Å². The van der Waals surface area contributed by atoms with E-state index in [4.69, 9.17) is 4.74 Å². The van der Waals surface area contributed by atoms with Crippen LogP contribution in [0.25, 0.3) is 11.4 Å². The third-order valence-corrected chi connectivity index (χ3v) is 3.56. The van der Waals surface area contributed by atoms with Gasteiger partial charge >= 0.3 is 4.87 Å². The average Bonchev–Trinajstić information content (AvgIpc) is 2.95. The number of rotatable bonds is 5. The molecule has 4 nitrogen and oxygen atoms in total. The zero-order valence-electron chi connectivity index (χ0n) is 11.3. The molecule has 1 heterocycles. The van der Waals surface area contributed by atoms with Gasteiger partial charge in [0.25, 0.3) is 0 Å². The summed E-state index contributed by atoms with van der Waals surface area (Å²) in [6.45, 7) is 1.11. The van der Waals surface area contributed by atoms with E-state index in [9.17, 15) is 4.79 Å². The number of benzene rings is 2. The SMILES string of the molecule is O=c1[nH]c(-c2cccc(COCc3ccccc3)c2)ns1. The van der Waals surface area contributed by atoms with Gasteiger partial charge in [-0.05, 0) is 17.2 Å². The van der Waals surface area contributed by atoms with Crippen LogP contribution in [0.15, 0.2) is 59.4 Å². The number of H-pyrrole nitrogens is 1. The van der Waals surface area contributed by atoms with E-state index in [1.165, 1.54) is 0 Å². The first-order chi connectivity index (χ1) is 10.3. The molecule has 0 atom stereocenters. The van der Waals surface area contributed by atoms with Crippen LogP contribution in [0.2, 0.25) is 0 Å². The lowest BCUT2D eigenvalue weighted by molar-refractivity contribution is 0.107. The molecule has 0 saturated carbocycles. The van der Waals surface area contributed by atoms with Crippen LogP contribution in [0, 0.1) is 0 Å². The van der Waals surface area contributed by atoms with E-state index in [1.54, 1.807) is 0 Å². The third kappa shape index (κ3) is 3.65. The molecular weight excluding hydrogens is 284 g/mol. The van der Waals surface area contributed by atoms with Gasteiger partial charge in [0.1, 0.15) is 0 Å². The van der Waals surface area contributed by atoms with Crippen molar-refractivity contribution in [2.75, 3.05) is 0 Å². The molecule has 0 bridgehead atoms. The first-order valence-electron chi connectivity index (χ1n) is 6.58. The Morgan fingerprint density at radius 1 is 1.00 bits per heavy atom. The zero-order valence-corrected chi connectivity index (χ0v) is 12.1. The Bertz CT molecular complexity index is 765. The van der Waals surface area contributed by atoms with Crippen molar-refractivity contribution in [1.82, 2.24) is 9.36 Å². The monoisotopic (exact) mass is 298 g/mol. The van der Waals surface area contributed by atoms with E-state index >= 15 is 0 Å². The molecule has 1 aromatic heterocycles. The Kier molecular flexibility index (Phi) is 4.23. The summed E-state index contributed by atoms with van der Waals surface area (Å²) in [6.07, 6.45) is 0. The maximum Gasteiger partial charge on any atom is 0.323 e. The van der Waals surface area contributed by atoms with Crippen molar-refractivity contribution in [3.8, 4) is 11.4 Å². The molecular formula is C16H14N2O2S. The third-order valence-electron chi connectivity index (χ3n) is 3.02. The van der Waals surface area contributed by atoms with Crippen molar-refractivity contribution in [1.29, 1.82) is 0 Å². The number of hydrogen-bond donors (Lipinski definition) is 1. The number of aromatic amines is 1. The molecule has 0 fully saturated rings. The minimum Gasteiger partial charge on any atom is -0.372 e. The molecule has 3 aromatic rings. The van der Waals surface area contributed by atoms with Crippen LogP contribution in [0.4, 0.5) is 0 Å². The van der Waals surface area contributed by atoms with Crippen molar-refractivity contribution in [3.63, 3.8) is 0 Å². The fourth-order valence-electron chi connectivity index (χ4n) is 2.02. The standard InChI is InChI=1S/C16H14N2O2S/c19-16-17-15(18-21-16)14-8-4-7-13(9-14)11-20-10-12-5-2-1-3-6-12/h1-9H,10-11H2,(H,17,18,19). The summed E-state index contributed by atoms with van der Waals surface area (Å²) in [5.41, 5.74) is 3.10. The molecule has 0 unspecified atom stereocenters. The highest BCUT2D eigenvalue weighted by Crippen LogP contribution is 2.16. The number of hydrogen-bond acceptors (Lipinski definition) is 4. The van der Waals surface area contributed by atoms with E-state index < -0.39 is 0 Å². The fraction of sp³-hybridized carbons (Fsp3) is 0.125. The van der Waals surface area contributed by atoms with Crippen molar-refractivity contribution >= 4 is 11.5 Å². The topological polar surface area (TPSA) is 55.0 Å². The highest BCUT2D eigenvalue weighted by molar-refractivity contribution is 7.03. The van der Waals surface area contributed by atoms with Gasteiger partial charge in [-0.3, -0.25) is 9.78 Å². The predicted octanol–water partition coefficient (Wildman–Crippen LogP) is 3.22. The van der Waals surface area contributed by atoms with Gasteiger partial charge in [0, 0.05) is 17.1 Å². The molecule has 0 amide bonds. The van der Waals surface area contributed by atoms with Gasteiger partial charge < -0.3 is 4.74 Å². The average molecular weight is 298 g/mol. The molecule has 21 heavy (non-hydrogen) atoms. The predicted molar refractivity (Wildman–Crippen MR) is 83.1 cm³/mol. The van der Waals surface area contributed by atoms with Gasteiger partial charge in [-0.2, -0.15) is 4.37 Å². The first kappa shape index (κ1) is 13.7. The maximum atomic E-state index is 11.2. The lowest BCUT2D eigenvalue weighted by atomic mass is 10.1. The summed E-state index contributed by atoms with van der Waals surface area (Å²) in [7, 11) is 0. The van der Waals surface area contributed by atoms with Crippen LogP contribution in [-0.4, -0.2) is 9.36 Å². The summed E-state index contributed by atoms with van der Waals surface area (Å²) in [5.74, 6) is 0.606. The number of ether oxygens (including phenoxy) is 1. The molecule has 106 valence electrons. The Morgan fingerprint density at radius 3 is 2.52 bits per heavy atom. The second-order valence-electron chi connectivity index (χ2n) is 4.62. The van der Waals surface area contributed by atoms with Crippen LogP contribution >= 0.6 is 11.5 Å². The van der Waals surface area contributed by atoms with Crippen molar-refractivity contribution in [2.45, 2.75) is 13.2 Å². The largest absolute Gasteiger partial charge is 0.372 e. The summed E-state index contributed by atoms with van der Waals surface area (Å²) in [5, 5.41) is 0. The van der Waals surface area contributed by atoms with Gasteiger partial charge in [-0.25, -0.2) is 0 Å². The van der Waals surface area contributed by atoms with E-state index in [1.807, 2.05) is 54.6 Å². The van der Waals surface area contributed by atoms with Gasteiger partial charge in [0.2, 0.25) is 0 Å². The second kappa shape index (κ2) is 6.47. The van der Waals surface area contributed by atoms with Gasteiger partial charge in [-0.15, -0.1) is 0 Å². The molecule has 0 aliphatic heterocycles. The molecule has 2 aromatic carbocycles. The van der Waals surface area contributed by atoms with E-state index in [2.05, 4.69) is 9.36 Å². The molecule has 3 rings (SSSR count). The van der Waals surface area contributed by atoms with Crippen molar-refractivity contribution in [2.24, 2.45) is 0 Å². The second-order valence-corrected chi connectivity index (χ2v) is 5.36. The van der Waals surface area contributed by atoms with E-state index in [-0.39, 0.29) is 4.87 Å². The lowest BCUT2D eigenvalue weighted by Gasteiger charge is -2.06. The number of nitrogens with zero attached hydrogens (tertiary/aromatic N) is 1. The zero-order chi connectivity index (χ0) is 14.5. The molecule has 0 saturated heterocycles. The fourth-order valence-corrected chi connectivity index (χ4v) is 2.49. The molecule has 0 aliphatic carbocycles. The Morgan fingerprint density at radius 2 is 1.76 bits per heavy atom. The maximum absolute atomic E-state index is 11.2. The van der Waals surface area contributed by atoms with Crippen LogP contribution in [0.3, 0.4) is 0 Å². The smallest absolute Gasteiger partial charge is 0.323 e. The van der Waals surface area contributed by atoms with E-state index in [0.717, 1.165) is 28.2 Å². The van der Waals surface area contributed by atoms with Crippen LogP contribution in [-0.2, 0) is 18.0 Å². The van der Waals surface area contributed by atoms with E-state index in [0.29, 0.717) is 19.0 Å². The normalized spacial score (nSPS) is 10.7. The van der Waals surface area contributed by atoms with Gasteiger partial charge in [-0.1, -0.05) is 48.5 Å². The Hall–Kier alpha value is -2.24. The lowest BCUT2D eigenvalue weighted by Crippen LogP contribution is -1.95. The number of aromatic nitrogens is 2. The summed E-state index contributed by atoms with van der Waals surface area (Å²) < 4.78 is 9.80. The van der Waals surface area contributed by atoms with Crippen LogP contribution in [0.1, 0.15) is 11.1 Å². The molecule has 0 spiro atoms. The van der Waals surface area contributed by atoms with Crippen molar-refractivity contribution < 1.29 is 4.74 Å². The highest BCUT2D eigenvalue weighted by atomic mass is 32.1. The minimum atomic E-state index is -0.143. The summed E-state index contributed by atoms with van der Waals surface area (Å²) in [6, 6.07) is 17.9. The number of nitrogens with one attached hydrogen (secondary N) is 1. The van der Waals surface area contributed by atoms with Crippen LogP contribution in [0.5, 0.6) is 0 Å². The Labute approximate surface area is 126 Å². The molecule has 5 heteroatoms. The summed E-state index contributed by atoms with van der Waals surface area (Å²) in [4.78, 5) is 13.7. The summed E-state index contributed by atoms with van der Waals surface area (Å²) >= 11 is 0.928. The first-order valence-corrected chi connectivity index (χ1v) is 7.35. The van der Waals surface area contributed by atoms with Crippen molar-refractivity contribution in [3.05, 3.63) is 75.4 Å². The van der Waals surface area contributed by atoms with Gasteiger partial charge in [0.05, 0.1) is 13.2 Å². The highest BCUT2D eigenvalue weighted by Gasteiger charge is 2.04. The quantitative estimate of drug-likeness (QED) is 0.787. The Balaban J connectivity index is 1.65. The molecule has 0 radical (unpaired) electrons. The minimum absolute atomic E-state index is 0.143. The molecule has 0 aliphatic rings.